The van der Waals surface area contributed by atoms with Crippen molar-refractivity contribution in [1.29, 1.82) is 0 Å². The Bertz CT molecular complexity index is 1030. The number of halogens is 1. The first-order valence-electron chi connectivity index (χ1n) is 10.6. The monoisotopic (exact) mass is 485 g/mol. The molecular weight excluding hydrogens is 458 g/mol. The summed E-state index contributed by atoms with van der Waals surface area (Å²) >= 11 is 3.48. The van der Waals surface area contributed by atoms with Crippen LogP contribution in [0.2, 0.25) is 0 Å². The second kappa shape index (κ2) is 9.42. The minimum Gasteiger partial charge on any atom is -0.507 e. The van der Waals surface area contributed by atoms with Crippen molar-refractivity contribution in [1.82, 2.24) is 15.1 Å². The van der Waals surface area contributed by atoms with E-state index in [1.807, 2.05) is 43.3 Å². The summed E-state index contributed by atoms with van der Waals surface area (Å²) in [5, 5.41) is 18.2. The first kappa shape index (κ1) is 21.9. The van der Waals surface area contributed by atoms with Crippen LogP contribution >= 0.6 is 15.9 Å². The number of ether oxygens (including phenoxy) is 2. The summed E-state index contributed by atoms with van der Waals surface area (Å²) in [6.45, 7) is 9.38. The van der Waals surface area contributed by atoms with Crippen LogP contribution in [-0.2, 0) is 4.74 Å². The molecule has 0 saturated carbocycles. The van der Waals surface area contributed by atoms with Gasteiger partial charge in [-0.2, -0.15) is 5.10 Å². The fraction of sp³-hybridized carbons (Fsp3) is 0.375. The Morgan fingerprint density at radius 2 is 1.87 bits per heavy atom. The first-order valence-corrected chi connectivity index (χ1v) is 11.3. The number of nitrogens with one attached hydrogen (secondary N) is 1. The van der Waals surface area contributed by atoms with E-state index in [0.29, 0.717) is 17.9 Å². The highest BCUT2D eigenvalue weighted by Crippen LogP contribution is 2.38. The second-order valence-electron chi connectivity index (χ2n) is 8.12. The molecule has 0 aliphatic carbocycles. The van der Waals surface area contributed by atoms with Crippen LogP contribution in [-0.4, -0.2) is 58.7 Å². The summed E-state index contributed by atoms with van der Waals surface area (Å²) in [5.74, 6) is 0.795. The zero-order valence-corrected chi connectivity index (χ0v) is 19.6. The third kappa shape index (κ3) is 5.11. The van der Waals surface area contributed by atoms with Crippen LogP contribution in [0.4, 0.5) is 0 Å². The summed E-state index contributed by atoms with van der Waals surface area (Å²) in [7, 11) is 0. The molecular formula is C24H28BrN3O3. The SMILES string of the molecule is Cc1[nH]nc(-c2ccc(OCCN3C[C@@H](C)O[C@@H](C)C3)cc2O)c1-c1ccc(Br)cc1. The Morgan fingerprint density at radius 3 is 2.55 bits per heavy atom. The van der Waals surface area contributed by atoms with Gasteiger partial charge in [-0.15, -0.1) is 0 Å². The van der Waals surface area contributed by atoms with Gasteiger partial charge in [0.25, 0.3) is 0 Å². The molecule has 1 fully saturated rings. The lowest BCUT2D eigenvalue weighted by atomic mass is 9.99. The number of aromatic amines is 1. The highest BCUT2D eigenvalue weighted by Gasteiger charge is 2.22. The molecule has 1 aliphatic heterocycles. The predicted octanol–water partition coefficient (Wildman–Crippen LogP) is 5.01. The minimum absolute atomic E-state index is 0.149. The molecule has 4 rings (SSSR count). The molecule has 6 nitrogen and oxygen atoms in total. The predicted molar refractivity (Wildman–Crippen MR) is 126 cm³/mol. The van der Waals surface area contributed by atoms with Gasteiger partial charge in [-0.25, -0.2) is 0 Å². The number of phenolic OH excluding ortho intramolecular Hbond substituents is 1. The smallest absolute Gasteiger partial charge is 0.128 e. The maximum atomic E-state index is 10.7. The molecule has 2 aromatic carbocycles. The number of morpholine rings is 1. The zero-order valence-electron chi connectivity index (χ0n) is 18.1. The van der Waals surface area contributed by atoms with Crippen molar-refractivity contribution in [2.24, 2.45) is 0 Å². The number of nitrogens with zero attached hydrogens (tertiary/aromatic N) is 2. The van der Waals surface area contributed by atoms with Crippen LogP contribution < -0.4 is 4.74 Å². The van der Waals surface area contributed by atoms with E-state index in [0.717, 1.165) is 46.6 Å². The summed E-state index contributed by atoms with van der Waals surface area (Å²) in [4.78, 5) is 2.35. The number of aromatic hydroxyl groups is 1. The molecule has 3 aromatic rings. The van der Waals surface area contributed by atoms with Crippen molar-refractivity contribution in [2.75, 3.05) is 26.2 Å². The molecule has 2 N–H and O–H groups in total. The van der Waals surface area contributed by atoms with Gasteiger partial charge in [0.1, 0.15) is 23.8 Å². The van der Waals surface area contributed by atoms with E-state index < -0.39 is 0 Å². The van der Waals surface area contributed by atoms with Gasteiger partial charge in [0.2, 0.25) is 0 Å². The van der Waals surface area contributed by atoms with Crippen LogP contribution in [0.1, 0.15) is 19.5 Å². The average Bonchev–Trinajstić information content (AvgIpc) is 3.09. The fourth-order valence-electron chi connectivity index (χ4n) is 4.15. The molecule has 0 unspecified atom stereocenters. The van der Waals surface area contributed by atoms with E-state index in [1.165, 1.54) is 0 Å². The van der Waals surface area contributed by atoms with Crippen molar-refractivity contribution in [2.45, 2.75) is 33.0 Å². The third-order valence-electron chi connectivity index (χ3n) is 5.48. The normalized spacial score (nSPS) is 19.5. The lowest BCUT2D eigenvalue weighted by molar-refractivity contribution is -0.0699. The van der Waals surface area contributed by atoms with Gasteiger partial charge < -0.3 is 14.6 Å². The number of aromatic nitrogens is 2. The van der Waals surface area contributed by atoms with Crippen molar-refractivity contribution >= 4 is 15.9 Å². The van der Waals surface area contributed by atoms with Crippen LogP contribution in [0.3, 0.4) is 0 Å². The molecule has 164 valence electrons. The van der Waals surface area contributed by atoms with Gasteiger partial charge >= 0.3 is 0 Å². The second-order valence-corrected chi connectivity index (χ2v) is 9.04. The molecule has 0 amide bonds. The molecule has 2 atom stereocenters. The number of phenols is 1. The molecule has 1 aliphatic rings. The Morgan fingerprint density at radius 1 is 1.16 bits per heavy atom. The van der Waals surface area contributed by atoms with Crippen molar-refractivity contribution in [3.63, 3.8) is 0 Å². The Hall–Kier alpha value is -2.35. The van der Waals surface area contributed by atoms with Crippen molar-refractivity contribution in [3.8, 4) is 33.9 Å². The van der Waals surface area contributed by atoms with Gasteiger partial charge in [-0.1, -0.05) is 28.1 Å². The average molecular weight is 486 g/mol. The number of H-pyrrole nitrogens is 1. The molecule has 1 aromatic heterocycles. The molecule has 0 bridgehead atoms. The standard InChI is InChI=1S/C24H28BrN3O3/c1-15-13-28(14-16(2)31-15)10-11-30-20-8-9-21(22(29)12-20)24-23(17(3)26-27-24)18-4-6-19(25)7-5-18/h4-9,12,15-16,29H,10-11,13-14H2,1-3H3,(H,26,27)/t15-,16+. The van der Waals surface area contributed by atoms with E-state index in [4.69, 9.17) is 9.47 Å². The van der Waals surface area contributed by atoms with E-state index in [1.54, 1.807) is 6.07 Å². The summed E-state index contributed by atoms with van der Waals surface area (Å²) in [5.41, 5.74) is 4.36. The van der Waals surface area contributed by atoms with Gasteiger partial charge in [0.05, 0.1) is 12.2 Å². The number of hydrogen-bond donors (Lipinski definition) is 2. The van der Waals surface area contributed by atoms with Crippen molar-refractivity contribution < 1.29 is 14.6 Å². The third-order valence-corrected chi connectivity index (χ3v) is 6.00. The number of rotatable bonds is 6. The molecule has 0 radical (unpaired) electrons. The van der Waals surface area contributed by atoms with Crippen LogP contribution in [0.5, 0.6) is 11.5 Å². The molecule has 31 heavy (non-hydrogen) atoms. The number of aryl methyl sites for hydroxylation is 1. The summed E-state index contributed by atoms with van der Waals surface area (Å²) in [6, 6.07) is 13.5. The van der Waals surface area contributed by atoms with Gasteiger partial charge in [0.15, 0.2) is 0 Å². The van der Waals surface area contributed by atoms with Gasteiger partial charge in [-0.05, 0) is 50.6 Å². The molecule has 0 spiro atoms. The topological polar surface area (TPSA) is 70.6 Å². The molecule has 2 heterocycles. The Kier molecular flexibility index (Phi) is 6.65. The van der Waals surface area contributed by atoms with E-state index in [2.05, 4.69) is 44.9 Å². The number of benzene rings is 2. The Balaban J connectivity index is 1.47. The highest BCUT2D eigenvalue weighted by atomic mass is 79.9. The first-order chi connectivity index (χ1) is 14.9. The fourth-order valence-corrected chi connectivity index (χ4v) is 4.42. The lowest BCUT2D eigenvalue weighted by Gasteiger charge is -2.35. The van der Waals surface area contributed by atoms with E-state index in [-0.39, 0.29) is 18.0 Å². The lowest BCUT2D eigenvalue weighted by Crippen LogP contribution is -2.46. The highest BCUT2D eigenvalue weighted by molar-refractivity contribution is 9.10. The summed E-state index contributed by atoms with van der Waals surface area (Å²) < 4.78 is 12.7. The molecule has 1 saturated heterocycles. The van der Waals surface area contributed by atoms with Crippen LogP contribution in [0.15, 0.2) is 46.9 Å². The molecule has 7 heteroatoms. The van der Waals surface area contributed by atoms with Crippen molar-refractivity contribution in [3.05, 3.63) is 52.6 Å². The maximum absolute atomic E-state index is 10.7. The van der Waals surface area contributed by atoms with Gasteiger partial charge in [-0.3, -0.25) is 10.00 Å². The van der Waals surface area contributed by atoms with E-state index >= 15 is 0 Å². The Labute approximate surface area is 191 Å². The zero-order chi connectivity index (χ0) is 22.0. The van der Waals surface area contributed by atoms with Crippen LogP contribution in [0.25, 0.3) is 22.4 Å². The van der Waals surface area contributed by atoms with E-state index in [9.17, 15) is 5.11 Å². The maximum Gasteiger partial charge on any atom is 0.128 e. The quantitative estimate of drug-likeness (QED) is 0.513. The summed E-state index contributed by atoms with van der Waals surface area (Å²) in [6.07, 6.45) is 0.480. The van der Waals surface area contributed by atoms with Gasteiger partial charge in [0, 0.05) is 47.0 Å². The van der Waals surface area contributed by atoms with Crippen LogP contribution in [0, 0.1) is 6.92 Å². The largest absolute Gasteiger partial charge is 0.507 e. The number of hydrogen-bond acceptors (Lipinski definition) is 5. The minimum atomic E-state index is 0.149.